The van der Waals surface area contributed by atoms with Crippen LogP contribution in [0, 0.1) is 6.92 Å². The Morgan fingerprint density at radius 3 is 2.95 bits per heavy atom. The summed E-state index contributed by atoms with van der Waals surface area (Å²) in [4.78, 5) is 10.8. The number of aromatic amines is 1. The molecule has 0 aliphatic carbocycles. The Bertz CT molecular complexity index is 642. The molecule has 0 radical (unpaired) electrons. The quantitative estimate of drug-likeness (QED) is 0.906. The van der Waals surface area contributed by atoms with Gasteiger partial charge in [-0.05, 0) is 13.3 Å². The second kappa shape index (κ2) is 5.94. The lowest BCUT2D eigenvalue weighted by atomic mass is 9.95. The van der Waals surface area contributed by atoms with Crippen LogP contribution in [0.3, 0.4) is 0 Å². The van der Waals surface area contributed by atoms with Gasteiger partial charge in [0.25, 0.3) is 0 Å². The molecule has 0 saturated carbocycles. The van der Waals surface area contributed by atoms with Gasteiger partial charge in [0.05, 0.1) is 5.69 Å². The summed E-state index contributed by atoms with van der Waals surface area (Å²) in [6, 6.07) is 2.00. The van der Waals surface area contributed by atoms with E-state index in [1.165, 1.54) is 23.4 Å². The Kier molecular flexibility index (Phi) is 4.00. The minimum absolute atomic E-state index is 0.340. The van der Waals surface area contributed by atoms with E-state index in [9.17, 15) is 0 Å². The molecular weight excluding hydrogens is 276 g/mol. The first-order valence-corrected chi connectivity index (χ1v) is 8.00. The van der Waals surface area contributed by atoms with Gasteiger partial charge in [0.2, 0.25) is 5.95 Å². The number of fused-ring (bicyclic) bond motifs is 1. The van der Waals surface area contributed by atoms with E-state index < -0.39 is 0 Å². The number of nitrogen functional groups attached to an aromatic ring is 1. The van der Waals surface area contributed by atoms with Crippen molar-refractivity contribution in [3.63, 3.8) is 0 Å². The number of H-pyrrole nitrogens is 1. The molecule has 3 rings (SSSR count). The van der Waals surface area contributed by atoms with Gasteiger partial charge in [0.1, 0.15) is 5.82 Å². The Labute approximate surface area is 131 Å². The number of rotatable bonds is 4. The normalized spacial score (nSPS) is 15.7. The average molecular weight is 300 g/mol. The summed E-state index contributed by atoms with van der Waals surface area (Å²) in [6.45, 7) is 8.18. The molecular formula is C16H24N6. The molecule has 0 aromatic carbocycles. The third kappa shape index (κ3) is 2.77. The molecule has 0 amide bonds. The Balaban J connectivity index is 1.88. The highest BCUT2D eigenvalue weighted by Crippen LogP contribution is 2.30. The molecule has 1 unspecified atom stereocenters. The first-order chi connectivity index (χ1) is 10.6. The van der Waals surface area contributed by atoms with Crippen molar-refractivity contribution in [2.45, 2.75) is 52.5 Å². The lowest BCUT2D eigenvalue weighted by molar-refractivity contribution is 0.632. The van der Waals surface area contributed by atoms with Crippen LogP contribution in [0.15, 0.2) is 6.07 Å². The molecule has 6 nitrogen and oxygen atoms in total. The lowest BCUT2D eigenvalue weighted by Gasteiger charge is -2.29. The number of nitrogens with zero attached hydrogens (tertiary/aromatic N) is 4. The Morgan fingerprint density at radius 2 is 2.23 bits per heavy atom. The van der Waals surface area contributed by atoms with E-state index in [1.807, 2.05) is 13.0 Å². The van der Waals surface area contributed by atoms with E-state index in [-0.39, 0.29) is 0 Å². The van der Waals surface area contributed by atoms with Crippen LogP contribution in [0.25, 0.3) is 0 Å². The molecule has 1 aliphatic heterocycles. The second-order valence-corrected chi connectivity index (χ2v) is 6.15. The maximum absolute atomic E-state index is 5.79. The number of nitrogens with two attached hydrogens (primary N) is 1. The van der Waals surface area contributed by atoms with Crippen LogP contribution in [0.1, 0.15) is 55.3 Å². The van der Waals surface area contributed by atoms with Crippen LogP contribution in [-0.4, -0.2) is 26.7 Å². The summed E-state index contributed by atoms with van der Waals surface area (Å²) in [5, 5.41) is 7.80. The van der Waals surface area contributed by atoms with Crippen molar-refractivity contribution in [3.05, 3.63) is 28.7 Å². The van der Waals surface area contributed by atoms with E-state index in [2.05, 4.69) is 38.9 Å². The summed E-state index contributed by atoms with van der Waals surface area (Å²) in [5.74, 6) is 1.74. The van der Waals surface area contributed by atoms with Crippen LogP contribution >= 0.6 is 0 Å². The molecule has 1 aliphatic rings. The highest BCUT2D eigenvalue weighted by molar-refractivity contribution is 5.47. The number of hydrogen-bond acceptors (Lipinski definition) is 5. The van der Waals surface area contributed by atoms with Gasteiger partial charge in [-0.25, -0.2) is 4.98 Å². The molecule has 0 fully saturated rings. The molecule has 0 saturated heterocycles. The number of nitrogens with one attached hydrogen (secondary N) is 1. The summed E-state index contributed by atoms with van der Waals surface area (Å²) < 4.78 is 0. The van der Waals surface area contributed by atoms with Crippen molar-refractivity contribution in [2.75, 3.05) is 17.2 Å². The van der Waals surface area contributed by atoms with E-state index in [0.29, 0.717) is 11.9 Å². The van der Waals surface area contributed by atoms with Gasteiger partial charge >= 0.3 is 0 Å². The van der Waals surface area contributed by atoms with Gasteiger partial charge < -0.3 is 10.6 Å². The molecule has 0 bridgehead atoms. The maximum atomic E-state index is 5.79. The number of aryl methyl sites for hydroxylation is 1. The zero-order valence-electron chi connectivity index (χ0n) is 13.6. The molecule has 1 atom stereocenters. The van der Waals surface area contributed by atoms with Crippen LogP contribution in [0.5, 0.6) is 0 Å². The minimum Gasteiger partial charge on any atom is -0.368 e. The predicted molar refractivity (Wildman–Crippen MR) is 87.8 cm³/mol. The van der Waals surface area contributed by atoms with E-state index >= 15 is 0 Å². The number of hydrogen-bond donors (Lipinski definition) is 2. The van der Waals surface area contributed by atoms with E-state index in [0.717, 1.165) is 37.4 Å². The third-order valence-electron chi connectivity index (χ3n) is 4.34. The SMILES string of the molecule is CCCC(C)c1n[nH]c2c1CN(c1cc(C)nc(N)n1)CC2. The predicted octanol–water partition coefficient (Wildman–Crippen LogP) is 2.56. The van der Waals surface area contributed by atoms with Crippen molar-refractivity contribution in [3.8, 4) is 0 Å². The summed E-state index contributed by atoms with van der Waals surface area (Å²) >= 11 is 0. The van der Waals surface area contributed by atoms with E-state index in [4.69, 9.17) is 5.73 Å². The molecule has 2 aromatic rings. The van der Waals surface area contributed by atoms with Gasteiger partial charge in [-0.15, -0.1) is 0 Å². The van der Waals surface area contributed by atoms with Crippen molar-refractivity contribution < 1.29 is 0 Å². The summed E-state index contributed by atoms with van der Waals surface area (Å²) in [5.41, 5.74) is 10.5. The first kappa shape index (κ1) is 14.8. The van der Waals surface area contributed by atoms with Crippen LogP contribution in [-0.2, 0) is 13.0 Å². The zero-order valence-corrected chi connectivity index (χ0v) is 13.6. The monoisotopic (exact) mass is 300 g/mol. The molecule has 118 valence electrons. The Hall–Kier alpha value is -2.11. The van der Waals surface area contributed by atoms with Gasteiger partial charge in [0.15, 0.2) is 0 Å². The van der Waals surface area contributed by atoms with Crippen LogP contribution < -0.4 is 10.6 Å². The summed E-state index contributed by atoms with van der Waals surface area (Å²) in [7, 11) is 0. The van der Waals surface area contributed by atoms with Crippen LogP contribution in [0.2, 0.25) is 0 Å². The van der Waals surface area contributed by atoms with E-state index in [1.54, 1.807) is 0 Å². The highest BCUT2D eigenvalue weighted by atomic mass is 15.2. The second-order valence-electron chi connectivity index (χ2n) is 6.15. The average Bonchev–Trinajstić information content (AvgIpc) is 2.89. The topological polar surface area (TPSA) is 83.7 Å². The van der Waals surface area contributed by atoms with Gasteiger partial charge in [-0.2, -0.15) is 10.1 Å². The zero-order chi connectivity index (χ0) is 15.7. The molecule has 3 N–H and O–H groups in total. The molecule has 3 heterocycles. The molecule has 6 heteroatoms. The Morgan fingerprint density at radius 1 is 1.41 bits per heavy atom. The molecule has 2 aromatic heterocycles. The minimum atomic E-state index is 0.340. The van der Waals surface area contributed by atoms with Crippen molar-refractivity contribution in [1.29, 1.82) is 0 Å². The number of aromatic nitrogens is 4. The number of anilines is 2. The fourth-order valence-electron chi connectivity index (χ4n) is 3.23. The fraction of sp³-hybridized carbons (Fsp3) is 0.562. The van der Waals surface area contributed by atoms with Crippen molar-refractivity contribution in [1.82, 2.24) is 20.2 Å². The van der Waals surface area contributed by atoms with Gasteiger partial charge in [0, 0.05) is 48.4 Å². The highest BCUT2D eigenvalue weighted by Gasteiger charge is 2.25. The van der Waals surface area contributed by atoms with Crippen molar-refractivity contribution in [2.24, 2.45) is 0 Å². The third-order valence-corrected chi connectivity index (χ3v) is 4.34. The van der Waals surface area contributed by atoms with Crippen LogP contribution in [0.4, 0.5) is 11.8 Å². The van der Waals surface area contributed by atoms with Gasteiger partial charge in [-0.3, -0.25) is 5.10 Å². The standard InChI is InChI=1S/C16H24N6/c1-4-5-10(2)15-12-9-22(7-6-13(12)20-21-15)14-8-11(3)18-16(17)19-14/h8,10H,4-7,9H2,1-3H3,(H,20,21)(H2,17,18,19). The molecule has 22 heavy (non-hydrogen) atoms. The largest absolute Gasteiger partial charge is 0.368 e. The molecule has 0 spiro atoms. The maximum Gasteiger partial charge on any atom is 0.222 e. The first-order valence-electron chi connectivity index (χ1n) is 8.00. The van der Waals surface area contributed by atoms with Gasteiger partial charge in [-0.1, -0.05) is 20.3 Å². The lowest BCUT2D eigenvalue weighted by Crippen LogP contribution is -2.31. The summed E-state index contributed by atoms with van der Waals surface area (Å²) in [6.07, 6.45) is 3.30. The smallest absolute Gasteiger partial charge is 0.222 e. The van der Waals surface area contributed by atoms with Crippen molar-refractivity contribution >= 4 is 11.8 Å². The fourth-order valence-corrected chi connectivity index (χ4v) is 3.23.